The third-order valence-electron chi connectivity index (χ3n) is 5.41. The predicted molar refractivity (Wildman–Crippen MR) is 82.5 cm³/mol. The molecule has 1 aliphatic carbocycles. The third kappa shape index (κ3) is 1.95. The van der Waals surface area contributed by atoms with Crippen LogP contribution in [0.1, 0.15) is 31.4 Å². The molecule has 1 aliphatic heterocycles. The smallest absolute Gasteiger partial charge is 0.119 e. The second-order valence-corrected chi connectivity index (χ2v) is 6.48. The van der Waals surface area contributed by atoms with E-state index in [1.165, 1.54) is 24.1 Å². The first-order chi connectivity index (χ1) is 9.60. The van der Waals surface area contributed by atoms with Gasteiger partial charge in [-0.15, -0.1) is 0 Å². The summed E-state index contributed by atoms with van der Waals surface area (Å²) in [6, 6.07) is 7.77. The zero-order valence-corrected chi connectivity index (χ0v) is 13.1. The van der Waals surface area contributed by atoms with Crippen LogP contribution < -0.4 is 10.1 Å². The van der Waals surface area contributed by atoms with E-state index in [2.05, 4.69) is 49.3 Å². The maximum Gasteiger partial charge on any atom is 0.119 e. The minimum absolute atomic E-state index is 0.218. The zero-order chi connectivity index (χ0) is 14.3. The van der Waals surface area contributed by atoms with Gasteiger partial charge in [0.1, 0.15) is 5.75 Å². The van der Waals surface area contributed by atoms with Gasteiger partial charge < -0.3 is 15.0 Å². The summed E-state index contributed by atoms with van der Waals surface area (Å²) < 4.78 is 5.45. The summed E-state index contributed by atoms with van der Waals surface area (Å²) in [6.45, 7) is 6.85. The van der Waals surface area contributed by atoms with E-state index < -0.39 is 0 Å². The van der Waals surface area contributed by atoms with Gasteiger partial charge in [0.15, 0.2) is 0 Å². The molecular formula is C17H26N2O. The van der Waals surface area contributed by atoms with E-state index in [9.17, 15) is 0 Å². The number of rotatable bonds is 3. The van der Waals surface area contributed by atoms with Crippen molar-refractivity contribution in [1.29, 1.82) is 0 Å². The molecule has 2 aliphatic rings. The predicted octanol–water partition coefficient (Wildman–Crippen LogP) is 2.19. The molecule has 0 radical (unpaired) electrons. The largest absolute Gasteiger partial charge is 0.497 e. The lowest BCUT2D eigenvalue weighted by molar-refractivity contribution is 0.0669. The van der Waals surface area contributed by atoms with Crippen LogP contribution in [0.2, 0.25) is 0 Å². The summed E-state index contributed by atoms with van der Waals surface area (Å²) in [7, 11) is 4.02. The molecule has 20 heavy (non-hydrogen) atoms. The zero-order valence-electron chi connectivity index (χ0n) is 13.1. The van der Waals surface area contributed by atoms with Gasteiger partial charge in [0.05, 0.1) is 7.11 Å². The molecule has 0 spiro atoms. The van der Waals surface area contributed by atoms with Crippen LogP contribution in [0.25, 0.3) is 0 Å². The van der Waals surface area contributed by atoms with Gasteiger partial charge >= 0.3 is 0 Å². The van der Waals surface area contributed by atoms with Gasteiger partial charge in [0, 0.05) is 17.5 Å². The van der Waals surface area contributed by atoms with Crippen molar-refractivity contribution in [2.45, 2.75) is 44.2 Å². The van der Waals surface area contributed by atoms with Crippen LogP contribution in [0.15, 0.2) is 18.2 Å². The molecule has 1 heterocycles. The summed E-state index contributed by atoms with van der Waals surface area (Å²) >= 11 is 0. The van der Waals surface area contributed by atoms with Crippen molar-refractivity contribution in [1.82, 2.24) is 10.2 Å². The standard InChI is InChI=1S/C17H26N2O/c1-5-18-16-15-10-12-6-7-13(20-4)11-14(12)17(16,2)8-9-19(15)3/h6-7,11,15-16,18H,5,8-10H2,1-4H3/t15-,16-,17+/m1/s1. The van der Waals surface area contributed by atoms with Crippen LogP contribution in [-0.2, 0) is 11.8 Å². The molecule has 3 nitrogen and oxygen atoms in total. The number of hydrogen-bond acceptors (Lipinski definition) is 3. The Bertz CT molecular complexity index is 502. The van der Waals surface area contributed by atoms with Gasteiger partial charge in [0.2, 0.25) is 0 Å². The van der Waals surface area contributed by atoms with E-state index in [1.54, 1.807) is 7.11 Å². The van der Waals surface area contributed by atoms with Crippen LogP contribution in [0.5, 0.6) is 5.75 Å². The van der Waals surface area contributed by atoms with Crippen LogP contribution in [-0.4, -0.2) is 44.2 Å². The Morgan fingerprint density at radius 2 is 2.25 bits per heavy atom. The summed E-state index contributed by atoms with van der Waals surface area (Å²) in [6.07, 6.45) is 2.35. The van der Waals surface area contributed by atoms with Gasteiger partial charge in [-0.2, -0.15) is 0 Å². The van der Waals surface area contributed by atoms with Gasteiger partial charge in [-0.05, 0) is 56.2 Å². The molecule has 3 atom stereocenters. The number of piperidine rings is 1. The van der Waals surface area contributed by atoms with Gasteiger partial charge in [0.25, 0.3) is 0 Å². The first kappa shape index (κ1) is 13.9. The van der Waals surface area contributed by atoms with Crippen molar-refractivity contribution in [3.63, 3.8) is 0 Å². The molecule has 0 unspecified atom stereocenters. The SMILES string of the molecule is CCN[C@@H]1[C@H]2Cc3ccc(OC)cc3[C@]1(C)CCN2C. The molecule has 1 fully saturated rings. The molecule has 1 N–H and O–H groups in total. The monoisotopic (exact) mass is 274 g/mol. The average molecular weight is 274 g/mol. The molecule has 3 rings (SSSR count). The summed E-state index contributed by atoms with van der Waals surface area (Å²) in [5.74, 6) is 0.984. The minimum Gasteiger partial charge on any atom is -0.497 e. The highest BCUT2D eigenvalue weighted by molar-refractivity contribution is 5.45. The fourth-order valence-electron chi connectivity index (χ4n) is 4.18. The number of fused-ring (bicyclic) bond motifs is 4. The number of likely N-dealkylation sites (tertiary alicyclic amines) is 1. The lowest BCUT2D eigenvalue weighted by Crippen LogP contribution is -2.66. The van der Waals surface area contributed by atoms with Crippen LogP contribution >= 0.6 is 0 Å². The highest BCUT2D eigenvalue weighted by Gasteiger charge is 2.49. The van der Waals surface area contributed by atoms with Crippen LogP contribution in [0.3, 0.4) is 0 Å². The number of nitrogens with zero attached hydrogens (tertiary/aromatic N) is 1. The van der Waals surface area contributed by atoms with E-state index in [1.807, 2.05) is 0 Å². The van der Waals surface area contributed by atoms with E-state index in [-0.39, 0.29) is 5.41 Å². The molecule has 110 valence electrons. The number of hydrogen-bond donors (Lipinski definition) is 1. The van der Waals surface area contributed by atoms with E-state index in [0.717, 1.165) is 18.7 Å². The lowest BCUT2D eigenvalue weighted by Gasteiger charge is -2.55. The minimum atomic E-state index is 0.218. The topological polar surface area (TPSA) is 24.5 Å². The first-order valence-corrected chi connectivity index (χ1v) is 7.71. The second-order valence-electron chi connectivity index (χ2n) is 6.48. The quantitative estimate of drug-likeness (QED) is 0.914. The highest BCUT2D eigenvalue weighted by atomic mass is 16.5. The molecular weight excluding hydrogens is 248 g/mol. The lowest BCUT2D eigenvalue weighted by atomic mass is 9.61. The molecule has 1 saturated heterocycles. The molecule has 1 aromatic carbocycles. The number of benzene rings is 1. The first-order valence-electron chi connectivity index (χ1n) is 7.71. The normalized spacial score (nSPS) is 32.8. The van der Waals surface area contributed by atoms with Gasteiger partial charge in [-0.25, -0.2) is 0 Å². The van der Waals surface area contributed by atoms with Crippen molar-refractivity contribution in [3.8, 4) is 5.75 Å². The highest BCUT2D eigenvalue weighted by Crippen LogP contribution is 2.45. The Balaban J connectivity index is 2.09. The number of methoxy groups -OCH3 is 1. The molecule has 0 amide bonds. The third-order valence-corrected chi connectivity index (χ3v) is 5.41. The Labute approximate surface area is 122 Å². The van der Waals surface area contributed by atoms with E-state index in [0.29, 0.717) is 12.1 Å². The fraction of sp³-hybridized carbons (Fsp3) is 0.647. The fourth-order valence-corrected chi connectivity index (χ4v) is 4.18. The van der Waals surface area contributed by atoms with Crippen molar-refractivity contribution >= 4 is 0 Å². The maximum atomic E-state index is 5.45. The Morgan fingerprint density at radius 1 is 1.45 bits per heavy atom. The number of ether oxygens (including phenoxy) is 1. The summed E-state index contributed by atoms with van der Waals surface area (Å²) in [5, 5.41) is 3.75. The Hall–Kier alpha value is -1.06. The number of nitrogens with one attached hydrogen (secondary N) is 1. The Kier molecular flexibility index (Phi) is 3.51. The van der Waals surface area contributed by atoms with Gasteiger partial charge in [-0.1, -0.05) is 19.9 Å². The van der Waals surface area contributed by atoms with Crippen molar-refractivity contribution in [3.05, 3.63) is 29.3 Å². The molecule has 1 aromatic rings. The summed E-state index contributed by atoms with van der Waals surface area (Å²) in [4.78, 5) is 2.53. The maximum absolute atomic E-state index is 5.45. The van der Waals surface area contributed by atoms with Gasteiger partial charge in [-0.3, -0.25) is 0 Å². The van der Waals surface area contributed by atoms with Crippen molar-refractivity contribution in [2.24, 2.45) is 0 Å². The summed E-state index contributed by atoms with van der Waals surface area (Å²) in [5.41, 5.74) is 3.21. The van der Waals surface area contributed by atoms with Crippen molar-refractivity contribution < 1.29 is 4.74 Å². The van der Waals surface area contributed by atoms with Crippen LogP contribution in [0.4, 0.5) is 0 Å². The number of likely N-dealkylation sites (N-methyl/N-ethyl adjacent to an activating group) is 2. The van der Waals surface area contributed by atoms with E-state index >= 15 is 0 Å². The van der Waals surface area contributed by atoms with E-state index in [4.69, 9.17) is 4.74 Å². The molecule has 0 saturated carbocycles. The average Bonchev–Trinajstić information content (AvgIpc) is 2.46. The Morgan fingerprint density at radius 3 is 2.95 bits per heavy atom. The second kappa shape index (κ2) is 5.05. The molecule has 2 bridgehead atoms. The van der Waals surface area contributed by atoms with Crippen molar-refractivity contribution in [2.75, 3.05) is 27.2 Å². The molecule has 3 heteroatoms. The van der Waals surface area contributed by atoms with Crippen LogP contribution in [0, 0.1) is 0 Å². The molecule has 0 aromatic heterocycles.